The van der Waals surface area contributed by atoms with E-state index in [4.69, 9.17) is 18.2 Å². The predicted octanol–water partition coefficient (Wildman–Crippen LogP) is 2.09. The summed E-state index contributed by atoms with van der Waals surface area (Å²) in [5, 5.41) is 7.24. The summed E-state index contributed by atoms with van der Waals surface area (Å²) in [6.07, 6.45) is 1.58. The van der Waals surface area contributed by atoms with E-state index in [2.05, 4.69) is 15.0 Å². The molecule has 0 aliphatic rings. The first-order valence-electron chi connectivity index (χ1n) is 3.84. The average molecular weight is 184 g/mol. The number of nitrogens with one attached hydrogen (secondary N) is 1. The van der Waals surface area contributed by atoms with Crippen LogP contribution in [0.25, 0.3) is 4.85 Å². The van der Waals surface area contributed by atoms with Crippen molar-refractivity contribution in [3.05, 3.63) is 27.8 Å². The van der Waals surface area contributed by atoms with Gasteiger partial charge in [0, 0.05) is 17.7 Å². The first-order chi connectivity index (χ1) is 5.79. The average Bonchev–Trinajstić information content (AvgIpc) is 2.43. The second-order valence-corrected chi connectivity index (χ2v) is 2.81. The Bertz CT molecular complexity index is 298. The van der Waals surface area contributed by atoms with Crippen molar-refractivity contribution in [1.29, 1.82) is 0 Å². The highest BCUT2D eigenvalue weighted by Gasteiger charge is 2.10. The van der Waals surface area contributed by atoms with Crippen molar-refractivity contribution in [2.24, 2.45) is 0 Å². The van der Waals surface area contributed by atoms with Gasteiger partial charge < -0.3 is 4.85 Å². The third-order valence-electron chi connectivity index (χ3n) is 1.73. The molecule has 1 heterocycles. The van der Waals surface area contributed by atoms with Crippen LogP contribution in [0.15, 0.2) is 0 Å². The van der Waals surface area contributed by atoms with Crippen molar-refractivity contribution >= 4 is 11.6 Å². The van der Waals surface area contributed by atoms with Crippen LogP contribution in [0, 0.1) is 6.57 Å². The third-order valence-corrected chi connectivity index (χ3v) is 2.04. The molecule has 3 nitrogen and oxygen atoms in total. The molecule has 0 radical (unpaired) electrons. The van der Waals surface area contributed by atoms with E-state index in [1.807, 2.05) is 6.92 Å². The topological polar surface area (TPSA) is 33.0 Å². The van der Waals surface area contributed by atoms with Gasteiger partial charge in [0.15, 0.2) is 5.15 Å². The summed E-state index contributed by atoms with van der Waals surface area (Å²) >= 11 is 5.81. The molecule has 0 saturated carbocycles. The molecule has 0 saturated heterocycles. The number of hydrogen-bond donors (Lipinski definition) is 1. The zero-order valence-electron chi connectivity index (χ0n) is 6.89. The van der Waals surface area contributed by atoms with Crippen molar-refractivity contribution in [3.8, 4) is 0 Å². The van der Waals surface area contributed by atoms with Crippen molar-refractivity contribution in [1.82, 2.24) is 10.2 Å². The normalized spacial score (nSPS) is 9.75. The summed E-state index contributed by atoms with van der Waals surface area (Å²) in [6, 6.07) is 0. The van der Waals surface area contributed by atoms with Gasteiger partial charge in [0.2, 0.25) is 6.54 Å². The second-order valence-electron chi connectivity index (χ2n) is 2.46. The lowest BCUT2D eigenvalue weighted by Crippen LogP contribution is -1.92. The van der Waals surface area contributed by atoms with Crippen molar-refractivity contribution < 1.29 is 0 Å². The lowest BCUT2D eigenvalue weighted by Gasteiger charge is -1.94. The number of H-pyrrole nitrogens is 1. The third kappa shape index (κ3) is 1.77. The van der Waals surface area contributed by atoms with Gasteiger partial charge in [-0.3, -0.25) is 5.10 Å². The molecule has 0 aliphatic carbocycles. The van der Waals surface area contributed by atoms with Crippen LogP contribution in [0.4, 0.5) is 0 Å². The van der Waals surface area contributed by atoms with Crippen LogP contribution in [0.3, 0.4) is 0 Å². The van der Waals surface area contributed by atoms with Crippen LogP contribution in [-0.2, 0) is 12.8 Å². The van der Waals surface area contributed by atoms with Gasteiger partial charge in [-0.25, -0.2) is 6.57 Å². The quantitative estimate of drug-likeness (QED) is 0.716. The van der Waals surface area contributed by atoms with E-state index in [0.29, 0.717) is 18.1 Å². The maximum atomic E-state index is 6.65. The fourth-order valence-electron chi connectivity index (χ4n) is 1.09. The lowest BCUT2D eigenvalue weighted by atomic mass is 10.1. The summed E-state index contributed by atoms with van der Waals surface area (Å²) in [5.41, 5.74) is 2.04. The fraction of sp³-hybridized carbons (Fsp3) is 0.500. The predicted molar refractivity (Wildman–Crippen MR) is 48.1 cm³/mol. The van der Waals surface area contributed by atoms with Gasteiger partial charge in [-0.2, -0.15) is 5.10 Å². The maximum absolute atomic E-state index is 6.65. The first-order valence-corrected chi connectivity index (χ1v) is 4.22. The molecule has 1 aromatic heterocycles. The van der Waals surface area contributed by atoms with Gasteiger partial charge in [-0.1, -0.05) is 18.5 Å². The molecule has 0 spiro atoms. The summed E-state index contributed by atoms with van der Waals surface area (Å²) in [6.45, 7) is 9.17. The molecule has 12 heavy (non-hydrogen) atoms. The highest BCUT2D eigenvalue weighted by molar-refractivity contribution is 6.30. The molecular weight excluding hydrogens is 174 g/mol. The van der Waals surface area contributed by atoms with E-state index >= 15 is 0 Å². The highest BCUT2D eigenvalue weighted by atomic mass is 35.5. The van der Waals surface area contributed by atoms with Gasteiger partial charge in [-0.15, -0.1) is 0 Å². The number of aryl methyl sites for hydroxylation is 1. The van der Waals surface area contributed by atoms with E-state index in [-0.39, 0.29) is 0 Å². The van der Waals surface area contributed by atoms with E-state index in [1.54, 1.807) is 0 Å². The molecule has 0 aromatic carbocycles. The van der Waals surface area contributed by atoms with Crippen molar-refractivity contribution in [2.45, 2.75) is 19.8 Å². The molecule has 4 heteroatoms. The van der Waals surface area contributed by atoms with Crippen LogP contribution in [0.2, 0.25) is 5.15 Å². The zero-order valence-corrected chi connectivity index (χ0v) is 7.65. The standard InChI is InChI=1S/C8H10ClN3/c1-3-7-6(4-5-10-2)8(9)12-11-7/h3-5H2,1H3,(H,11,12). The summed E-state index contributed by atoms with van der Waals surface area (Å²) < 4.78 is 0. The van der Waals surface area contributed by atoms with E-state index in [1.165, 1.54) is 0 Å². The SMILES string of the molecule is [C-]#[N+]CCc1c(Cl)n[nH]c1CC. The van der Waals surface area contributed by atoms with Crippen LogP contribution >= 0.6 is 11.6 Å². The van der Waals surface area contributed by atoms with Crippen LogP contribution in [0.5, 0.6) is 0 Å². The minimum atomic E-state index is 0.478. The van der Waals surface area contributed by atoms with Crippen LogP contribution < -0.4 is 0 Å². The molecule has 64 valence electrons. The molecule has 0 unspecified atom stereocenters. The molecule has 0 aliphatic heterocycles. The van der Waals surface area contributed by atoms with Gasteiger partial charge in [0.25, 0.3) is 0 Å². The molecule has 0 fully saturated rings. The Kier molecular flexibility index (Phi) is 3.12. The number of nitrogens with zero attached hydrogens (tertiary/aromatic N) is 2. The largest absolute Gasteiger partial charge is 0.317 e. The first kappa shape index (κ1) is 9.08. The van der Waals surface area contributed by atoms with E-state index in [0.717, 1.165) is 17.7 Å². The van der Waals surface area contributed by atoms with Gasteiger partial charge in [0.05, 0.1) is 0 Å². The Balaban J connectivity index is 2.81. The minimum absolute atomic E-state index is 0.478. The van der Waals surface area contributed by atoms with Gasteiger partial charge in [0.1, 0.15) is 0 Å². The number of hydrogen-bond acceptors (Lipinski definition) is 1. The molecular formula is C8H10ClN3. The Labute approximate surface area is 76.6 Å². The Morgan fingerprint density at radius 1 is 1.67 bits per heavy atom. The molecule has 1 rings (SSSR count). The minimum Gasteiger partial charge on any atom is -0.317 e. The Hall–Kier alpha value is -1.01. The summed E-state index contributed by atoms with van der Waals surface area (Å²) in [7, 11) is 0. The lowest BCUT2D eigenvalue weighted by molar-refractivity contribution is 0.950. The number of aromatic nitrogens is 2. The maximum Gasteiger partial charge on any atom is 0.218 e. The van der Waals surface area contributed by atoms with Crippen molar-refractivity contribution in [2.75, 3.05) is 6.54 Å². The molecule has 1 N–H and O–H groups in total. The van der Waals surface area contributed by atoms with Gasteiger partial charge >= 0.3 is 0 Å². The van der Waals surface area contributed by atoms with Crippen LogP contribution in [0.1, 0.15) is 18.2 Å². The Morgan fingerprint density at radius 2 is 2.42 bits per heavy atom. The van der Waals surface area contributed by atoms with E-state index in [9.17, 15) is 0 Å². The van der Waals surface area contributed by atoms with Crippen molar-refractivity contribution in [3.63, 3.8) is 0 Å². The molecule has 0 amide bonds. The number of halogens is 1. The monoisotopic (exact) mass is 183 g/mol. The highest BCUT2D eigenvalue weighted by Crippen LogP contribution is 2.17. The summed E-state index contributed by atoms with van der Waals surface area (Å²) in [4.78, 5) is 3.28. The number of aromatic amines is 1. The molecule has 1 aromatic rings. The van der Waals surface area contributed by atoms with Gasteiger partial charge in [-0.05, 0) is 6.42 Å². The molecule has 0 bridgehead atoms. The smallest absolute Gasteiger partial charge is 0.218 e. The zero-order chi connectivity index (χ0) is 8.97. The van der Waals surface area contributed by atoms with Crippen LogP contribution in [-0.4, -0.2) is 16.7 Å². The fourth-order valence-corrected chi connectivity index (χ4v) is 1.34. The molecule has 0 atom stereocenters. The van der Waals surface area contributed by atoms with E-state index < -0.39 is 0 Å². The summed E-state index contributed by atoms with van der Waals surface area (Å²) in [5.74, 6) is 0. The Morgan fingerprint density at radius 3 is 3.00 bits per heavy atom. The number of rotatable bonds is 3. The second kappa shape index (κ2) is 4.13.